The Morgan fingerprint density at radius 3 is 2.00 bits per heavy atom. The molecule has 2 unspecified atom stereocenters. The van der Waals surface area contributed by atoms with Gasteiger partial charge in [-0.3, -0.25) is 0 Å². The highest BCUT2D eigenvalue weighted by Crippen LogP contribution is 1.96. The maximum atomic E-state index is 8.81. The summed E-state index contributed by atoms with van der Waals surface area (Å²) in [6.45, 7) is -0.245. The van der Waals surface area contributed by atoms with E-state index < -0.39 is 12.4 Å². The third-order valence-corrected chi connectivity index (χ3v) is 1.04. The molecule has 0 aliphatic heterocycles. The molecule has 4 nitrogen and oxygen atoms in total. The van der Waals surface area contributed by atoms with Crippen LogP contribution in [-0.4, -0.2) is 43.4 Å². The van der Waals surface area contributed by atoms with E-state index in [9.17, 15) is 0 Å². The largest absolute Gasteiger partial charge is 0.393 e. The van der Waals surface area contributed by atoms with Crippen molar-refractivity contribution in [3.63, 3.8) is 0 Å². The van der Waals surface area contributed by atoms with E-state index in [1.165, 1.54) is 14.2 Å². The first-order chi connectivity index (χ1) is 4.26. The van der Waals surface area contributed by atoms with Gasteiger partial charge in [0, 0.05) is 14.2 Å². The summed E-state index contributed by atoms with van der Waals surface area (Å²) < 4.78 is 9.09. The molecule has 0 saturated carbocycles. The summed E-state index contributed by atoms with van der Waals surface area (Å²) in [5.74, 6) is 0. The van der Waals surface area contributed by atoms with Gasteiger partial charge in [0.1, 0.15) is 6.10 Å². The lowest BCUT2D eigenvalue weighted by Gasteiger charge is -2.16. The van der Waals surface area contributed by atoms with Crippen LogP contribution in [0.25, 0.3) is 0 Å². The first-order valence-corrected chi connectivity index (χ1v) is 2.60. The van der Waals surface area contributed by atoms with Crippen molar-refractivity contribution < 1.29 is 19.7 Å². The summed E-state index contributed by atoms with van der Waals surface area (Å²) in [6, 6.07) is 0. The topological polar surface area (TPSA) is 58.9 Å². The van der Waals surface area contributed by atoms with Crippen molar-refractivity contribution in [1.82, 2.24) is 0 Å². The van der Waals surface area contributed by atoms with Crippen molar-refractivity contribution in [1.29, 1.82) is 0 Å². The lowest BCUT2D eigenvalue weighted by Crippen LogP contribution is -2.32. The summed E-state index contributed by atoms with van der Waals surface area (Å²) in [5.41, 5.74) is 0. The van der Waals surface area contributed by atoms with Crippen molar-refractivity contribution in [2.24, 2.45) is 0 Å². The van der Waals surface area contributed by atoms with Crippen LogP contribution < -0.4 is 0 Å². The minimum Gasteiger partial charge on any atom is -0.393 e. The number of rotatable bonds is 4. The Morgan fingerprint density at radius 2 is 1.89 bits per heavy atom. The van der Waals surface area contributed by atoms with E-state index in [2.05, 4.69) is 9.47 Å². The van der Waals surface area contributed by atoms with Gasteiger partial charge in [-0.15, -0.1) is 0 Å². The van der Waals surface area contributed by atoms with Gasteiger partial charge in [0.05, 0.1) is 6.61 Å². The maximum Gasteiger partial charge on any atom is 0.183 e. The lowest BCUT2D eigenvalue weighted by molar-refractivity contribution is -0.165. The third-order valence-electron chi connectivity index (χ3n) is 1.04. The van der Waals surface area contributed by atoms with Gasteiger partial charge < -0.3 is 19.7 Å². The molecular formula is C5H12O4. The Hall–Kier alpha value is -0.160. The zero-order valence-electron chi connectivity index (χ0n) is 5.57. The smallest absolute Gasteiger partial charge is 0.183 e. The molecule has 56 valence electrons. The summed E-state index contributed by atoms with van der Waals surface area (Å²) in [7, 11) is 2.73. The highest BCUT2D eigenvalue weighted by Gasteiger charge is 2.15. The van der Waals surface area contributed by atoms with Crippen LogP contribution in [0.3, 0.4) is 0 Å². The van der Waals surface area contributed by atoms with Gasteiger partial charge in [-0.25, -0.2) is 0 Å². The Morgan fingerprint density at radius 1 is 1.33 bits per heavy atom. The predicted octanol–water partition coefficient (Wildman–Crippen LogP) is -1.04. The maximum absolute atomic E-state index is 8.81. The van der Waals surface area contributed by atoms with E-state index in [1.54, 1.807) is 0 Å². The quantitative estimate of drug-likeness (QED) is 0.484. The van der Waals surface area contributed by atoms with E-state index in [-0.39, 0.29) is 6.61 Å². The molecule has 9 heavy (non-hydrogen) atoms. The molecule has 0 rings (SSSR count). The monoisotopic (exact) mass is 136 g/mol. The Bertz CT molecular complexity index is 62.0. The highest BCUT2D eigenvalue weighted by atomic mass is 16.6. The van der Waals surface area contributed by atoms with Gasteiger partial charge in [0.25, 0.3) is 0 Å². The van der Waals surface area contributed by atoms with Crippen molar-refractivity contribution in [2.75, 3.05) is 20.8 Å². The fourth-order valence-electron chi connectivity index (χ4n) is 0.433. The van der Waals surface area contributed by atoms with Crippen LogP contribution in [0.4, 0.5) is 0 Å². The molecule has 2 atom stereocenters. The van der Waals surface area contributed by atoms with Gasteiger partial charge in [0.15, 0.2) is 6.29 Å². The molecule has 0 aromatic carbocycles. The van der Waals surface area contributed by atoms with Crippen LogP contribution >= 0.6 is 0 Å². The zero-order chi connectivity index (χ0) is 7.28. The van der Waals surface area contributed by atoms with Crippen LogP contribution in [0.5, 0.6) is 0 Å². The zero-order valence-corrected chi connectivity index (χ0v) is 5.57. The van der Waals surface area contributed by atoms with Crippen molar-refractivity contribution in [3.05, 3.63) is 0 Å². The van der Waals surface area contributed by atoms with Crippen LogP contribution in [0.15, 0.2) is 0 Å². The van der Waals surface area contributed by atoms with E-state index >= 15 is 0 Å². The third kappa shape index (κ3) is 2.76. The predicted molar refractivity (Wildman–Crippen MR) is 30.9 cm³/mol. The second-order valence-electron chi connectivity index (χ2n) is 1.58. The van der Waals surface area contributed by atoms with Gasteiger partial charge in [0.2, 0.25) is 0 Å². The normalized spacial score (nSPS) is 17.3. The number of hydrogen-bond donors (Lipinski definition) is 2. The Labute approximate surface area is 54.0 Å². The second kappa shape index (κ2) is 4.69. The minimum atomic E-state index is -1.04. The molecule has 0 fully saturated rings. The van der Waals surface area contributed by atoms with Gasteiger partial charge in [-0.1, -0.05) is 0 Å². The van der Waals surface area contributed by atoms with Crippen molar-refractivity contribution in [2.45, 2.75) is 12.4 Å². The Kier molecular flexibility index (Phi) is 4.61. The second-order valence-corrected chi connectivity index (χ2v) is 1.58. The SMILES string of the molecule is COC(O)C(CO)OC. The molecular weight excluding hydrogens is 124 g/mol. The van der Waals surface area contributed by atoms with Gasteiger partial charge in [-0.2, -0.15) is 0 Å². The van der Waals surface area contributed by atoms with Gasteiger partial charge >= 0.3 is 0 Å². The fraction of sp³-hybridized carbons (Fsp3) is 1.00. The summed E-state index contributed by atoms with van der Waals surface area (Å²) >= 11 is 0. The molecule has 0 aromatic rings. The van der Waals surface area contributed by atoms with Gasteiger partial charge in [-0.05, 0) is 0 Å². The molecule has 4 heteroatoms. The van der Waals surface area contributed by atoms with E-state index in [0.29, 0.717) is 0 Å². The number of aliphatic hydroxyl groups excluding tert-OH is 2. The first kappa shape index (κ1) is 8.84. The van der Waals surface area contributed by atoms with Crippen LogP contribution in [-0.2, 0) is 9.47 Å². The molecule has 2 N–H and O–H groups in total. The standard InChI is InChI=1S/C5H12O4/c1-8-4(3-6)5(7)9-2/h4-7H,3H2,1-2H3. The van der Waals surface area contributed by atoms with Crippen molar-refractivity contribution in [3.8, 4) is 0 Å². The summed E-state index contributed by atoms with van der Waals surface area (Å²) in [5, 5.41) is 17.3. The fourth-order valence-corrected chi connectivity index (χ4v) is 0.433. The number of methoxy groups -OCH3 is 2. The molecule has 0 heterocycles. The average molecular weight is 136 g/mol. The number of aliphatic hydroxyl groups is 2. The Balaban J connectivity index is 3.50. The highest BCUT2D eigenvalue weighted by molar-refractivity contribution is 4.56. The number of hydrogen-bond acceptors (Lipinski definition) is 4. The molecule has 0 bridgehead atoms. The number of ether oxygens (including phenoxy) is 2. The molecule has 0 aliphatic carbocycles. The minimum absolute atomic E-state index is 0.245. The van der Waals surface area contributed by atoms with Crippen molar-refractivity contribution >= 4 is 0 Å². The van der Waals surface area contributed by atoms with E-state index in [0.717, 1.165) is 0 Å². The van der Waals surface area contributed by atoms with Crippen LogP contribution in [0.2, 0.25) is 0 Å². The molecule has 0 spiro atoms. The average Bonchev–Trinajstić information content (AvgIpc) is 1.90. The molecule has 0 amide bonds. The van der Waals surface area contributed by atoms with Crippen LogP contribution in [0, 0.1) is 0 Å². The van der Waals surface area contributed by atoms with Crippen LogP contribution in [0.1, 0.15) is 0 Å². The summed E-state index contributed by atoms with van der Waals surface area (Å²) in [6.07, 6.45) is -1.69. The summed E-state index contributed by atoms with van der Waals surface area (Å²) in [4.78, 5) is 0. The molecule has 0 saturated heterocycles. The molecule has 0 aliphatic rings. The molecule has 0 aromatic heterocycles. The van der Waals surface area contributed by atoms with E-state index in [1.807, 2.05) is 0 Å². The van der Waals surface area contributed by atoms with E-state index in [4.69, 9.17) is 10.2 Å². The molecule has 0 radical (unpaired) electrons. The first-order valence-electron chi connectivity index (χ1n) is 2.60. The lowest BCUT2D eigenvalue weighted by atomic mass is 10.4.